The summed E-state index contributed by atoms with van der Waals surface area (Å²) in [6.45, 7) is 0.728. The predicted octanol–water partition coefficient (Wildman–Crippen LogP) is 5.81. The van der Waals surface area contributed by atoms with Crippen molar-refractivity contribution in [2.75, 3.05) is 0 Å². The molecule has 0 fully saturated rings. The van der Waals surface area contributed by atoms with Gasteiger partial charge in [0.25, 0.3) is 0 Å². The lowest BCUT2D eigenvalue weighted by Gasteiger charge is -2.05. The topological polar surface area (TPSA) is 12.4 Å². The standard InChI is InChI=1S/C23H19N/c1-3-13-22-18(7-1)9-5-11-20(22)15-16-24-17-21-12-6-10-19-8-2-4-14-23(19)21/h1-14,16H,15,17H2. The third-order valence-electron chi connectivity index (χ3n) is 4.46. The van der Waals surface area contributed by atoms with Gasteiger partial charge in [-0.25, -0.2) is 0 Å². The Balaban J connectivity index is 1.53. The molecular formula is C23H19N. The monoisotopic (exact) mass is 309 g/mol. The molecule has 0 atom stereocenters. The summed E-state index contributed by atoms with van der Waals surface area (Å²) in [7, 11) is 0. The molecule has 0 heterocycles. The molecule has 0 unspecified atom stereocenters. The van der Waals surface area contributed by atoms with Gasteiger partial charge in [-0.15, -0.1) is 0 Å². The van der Waals surface area contributed by atoms with Crippen LogP contribution in [0.2, 0.25) is 0 Å². The minimum Gasteiger partial charge on any atom is -0.292 e. The van der Waals surface area contributed by atoms with Gasteiger partial charge >= 0.3 is 0 Å². The van der Waals surface area contributed by atoms with Crippen LogP contribution in [0.1, 0.15) is 11.1 Å². The van der Waals surface area contributed by atoms with Crippen LogP contribution in [0.25, 0.3) is 21.5 Å². The van der Waals surface area contributed by atoms with Crippen LogP contribution in [0.5, 0.6) is 0 Å². The van der Waals surface area contributed by atoms with E-state index in [1.54, 1.807) is 0 Å². The van der Waals surface area contributed by atoms with Gasteiger partial charge in [-0.3, -0.25) is 4.99 Å². The highest BCUT2D eigenvalue weighted by molar-refractivity contribution is 5.88. The molecule has 0 saturated heterocycles. The molecule has 0 aliphatic carbocycles. The fraction of sp³-hybridized carbons (Fsp3) is 0.0870. The van der Waals surface area contributed by atoms with Crippen molar-refractivity contribution < 1.29 is 0 Å². The van der Waals surface area contributed by atoms with Crippen LogP contribution in [0.4, 0.5) is 0 Å². The maximum Gasteiger partial charge on any atom is 0.0642 e. The number of aliphatic imine (C=N–C) groups is 1. The number of hydrogen-bond acceptors (Lipinski definition) is 1. The summed E-state index contributed by atoms with van der Waals surface area (Å²) in [5.41, 5.74) is 2.61. The van der Waals surface area contributed by atoms with Gasteiger partial charge in [0, 0.05) is 12.6 Å². The fourth-order valence-electron chi connectivity index (χ4n) is 3.23. The summed E-state index contributed by atoms with van der Waals surface area (Å²) in [5, 5.41) is 5.18. The summed E-state index contributed by atoms with van der Waals surface area (Å²) < 4.78 is 0. The van der Waals surface area contributed by atoms with Gasteiger partial charge < -0.3 is 0 Å². The first kappa shape index (κ1) is 14.6. The molecule has 24 heavy (non-hydrogen) atoms. The summed E-state index contributed by atoms with van der Waals surface area (Å²) in [6, 6.07) is 29.9. The van der Waals surface area contributed by atoms with Crippen LogP contribution in [-0.2, 0) is 13.0 Å². The lowest BCUT2D eigenvalue weighted by atomic mass is 10.0. The number of hydrogen-bond donors (Lipinski definition) is 0. The van der Waals surface area contributed by atoms with Gasteiger partial charge in [-0.05, 0) is 32.7 Å². The number of benzene rings is 4. The zero-order valence-corrected chi connectivity index (χ0v) is 13.5. The van der Waals surface area contributed by atoms with E-state index < -0.39 is 0 Å². The van der Waals surface area contributed by atoms with Crippen LogP contribution in [0.15, 0.2) is 89.9 Å². The Morgan fingerprint density at radius 3 is 1.83 bits per heavy atom. The smallest absolute Gasteiger partial charge is 0.0642 e. The Hall–Kier alpha value is -2.93. The van der Waals surface area contributed by atoms with Crippen LogP contribution >= 0.6 is 0 Å². The first-order valence-corrected chi connectivity index (χ1v) is 8.33. The van der Waals surface area contributed by atoms with E-state index in [4.69, 9.17) is 0 Å². The molecule has 116 valence electrons. The quantitative estimate of drug-likeness (QED) is 0.422. The van der Waals surface area contributed by atoms with E-state index in [1.165, 1.54) is 32.7 Å². The third-order valence-corrected chi connectivity index (χ3v) is 4.46. The van der Waals surface area contributed by atoms with E-state index in [-0.39, 0.29) is 0 Å². The van der Waals surface area contributed by atoms with Gasteiger partial charge in [0.1, 0.15) is 0 Å². The van der Waals surface area contributed by atoms with Crippen molar-refractivity contribution in [1.29, 1.82) is 0 Å². The van der Waals surface area contributed by atoms with Crippen LogP contribution < -0.4 is 0 Å². The van der Waals surface area contributed by atoms with Gasteiger partial charge in [0.2, 0.25) is 0 Å². The number of rotatable bonds is 4. The van der Waals surface area contributed by atoms with Crippen molar-refractivity contribution in [1.82, 2.24) is 0 Å². The zero-order chi connectivity index (χ0) is 16.2. The molecule has 0 spiro atoms. The van der Waals surface area contributed by atoms with Gasteiger partial charge in [-0.1, -0.05) is 84.9 Å². The minimum atomic E-state index is 0.728. The molecule has 0 aromatic heterocycles. The highest BCUT2D eigenvalue weighted by Gasteiger charge is 2.00. The Morgan fingerprint density at radius 1 is 0.583 bits per heavy atom. The molecule has 0 amide bonds. The minimum absolute atomic E-state index is 0.728. The SMILES string of the molecule is C(Cc1cccc2ccccc12)=NCc1cccc2ccccc12. The van der Waals surface area contributed by atoms with E-state index in [0.717, 1.165) is 13.0 Å². The van der Waals surface area contributed by atoms with Crippen molar-refractivity contribution in [2.45, 2.75) is 13.0 Å². The molecule has 0 N–H and O–H groups in total. The highest BCUT2D eigenvalue weighted by atomic mass is 14.7. The first-order valence-electron chi connectivity index (χ1n) is 8.33. The lowest BCUT2D eigenvalue weighted by molar-refractivity contribution is 1.08. The van der Waals surface area contributed by atoms with Gasteiger partial charge in [0.15, 0.2) is 0 Å². The molecule has 0 aliphatic rings. The van der Waals surface area contributed by atoms with E-state index in [1.807, 2.05) is 6.21 Å². The maximum absolute atomic E-state index is 4.67. The van der Waals surface area contributed by atoms with E-state index >= 15 is 0 Å². The van der Waals surface area contributed by atoms with Crippen molar-refractivity contribution in [3.63, 3.8) is 0 Å². The molecular weight excluding hydrogens is 290 g/mol. The van der Waals surface area contributed by atoms with Gasteiger partial charge in [-0.2, -0.15) is 0 Å². The van der Waals surface area contributed by atoms with Crippen molar-refractivity contribution in [3.05, 3.63) is 96.1 Å². The number of nitrogens with zero attached hydrogens (tertiary/aromatic N) is 1. The van der Waals surface area contributed by atoms with Gasteiger partial charge in [0.05, 0.1) is 6.54 Å². The second-order valence-corrected chi connectivity index (χ2v) is 6.00. The molecule has 0 radical (unpaired) electrons. The second kappa shape index (κ2) is 6.67. The molecule has 0 aliphatic heterocycles. The molecule has 4 aromatic rings. The molecule has 1 heteroatoms. The van der Waals surface area contributed by atoms with E-state index in [0.29, 0.717) is 0 Å². The summed E-state index contributed by atoms with van der Waals surface area (Å²) in [5.74, 6) is 0. The summed E-state index contributed by atoms with van der Waals surface area (Å²) in [6.07, 6.45) is 2.91. The number of fused-ring (bicyclic) bond motifs is 2. The van der Waals surface area contributed by atoms with Crippen LogP contribution in [0, 0.1) is 0 Å². The zero-order valence-electron chi connectivity index (χ0n) is 13.5. The average molecular weight is 309 g/mol. The molecule has 4 aromatic carbocycles. The molecule has 4 rings (SSSR count). The third kappa shape index (κ3) is 2.93. The molecule has 0 bridgehead atoms. The highest BCUT2D eigenvalue weighted by Crippen LogP contribution is 2.20. The Labute approximate surface area is 142 Å². The first-order chi connectivity index (χ1) is 11.9. The van der Waals surface area contributed by atoms with Crippen LogP contribution in [-0.4, -0.2) is 6.21 Å². The Bertz CT molecular complexity index is 921. The van der Waals surface area contributed by atoms with Crippen LogP contribution in [0.3, 0.4) is 0 Å². The fourth-order valence-corrected chi connectivity index (χ4v) is 3.23. The van der Waals surface area contributed by atoms with Crippen molar-refractivity contribution in [2.24, 2.45) is 4.99 Å². The molecule has 1 nitrogen and oxygen atoms in total. The lowest BCUT2D eigenvalue weighted by Crippen LogP contribution is -1.90. The largest absolute Gasteiger partial charge is 0.292 e. The predicted molar refractivity (Wildman–Crippen MR) is 104 cm³/mol. The summed E-state index contributed by atoms with van der Waals surface area (Å²) in [4.78, 5) is 4.67. The van der Waals surface area contributed by atoms with E-state index in [9.17, 15) is 0 Å². The average Bonchev–Trinajstić information content (AvgIpc) is 2.65. The van der Waals surface area contributed by atoms with E-state index in [2.05, 4.69) is 89.9 Å². The van der Waals surface area contributed by atoms with Crippen molar-refractivity contribution >= 4 is 27.8 Å². The van der Waals surface area contributed by atoms with Crippen molar-refractivity contribution in [3.8, 4) is 0 Å². The molecule has 0 saturated carbocycles. The Morgan fingerprint density at radius 2 is 1.12 bits per heavy atom. The summed E-state index contributed by atoms with van der Waals surface area (Å²) >= 11 is 0. The maximum atomic E-state index is 4.67. The normalized spacial score (nSPS) is 11.5. The second-order valence-electron chi connectivity index (χ2n) is 6.00. The Kier molecular flexibility index (Phi) is 4.07.